The van der Waals surface area contributed by atoms with Crippen molar-refractivity contribution in [2.24, 2.45) is 0 Å². The Bertz CT molecular complexity index is 348. The summed E-state index contributed by atoms with van der Waals surface area (Å²) in [5.41, 5.74) is -0.465. The van der Waals surface area contributed by atoms with E-state index in [0.717, 1.165) is 17.7 Å². The third-order valence-corrected chi connectivity index (χ3v) is 2.85. The average Bonchev–Trinajstić information content (AvgIpc) is 2.71. The quantitative estimate of drug-likeness (QED) is 0.614. The maximum absolute atomic E-state index is 11.7. The fourth-order valence-electron chi connectivity index (χ4n) is 1.88. The van der Waals surface area contributed by atoms with Gasteiger partial charge in [0.25, 0.3) is 0 Å². The number of nitrogens with zero attached hydrogens (tertiary/aromatic N) is 1. The number of urea groups is 1. The molecule has 1 heterocycles. The first kappa shape index (κ1) is 15.2. The van der Waals surface area contributed by atoms with Crippen molar-refractivity contribution in [1.29, 1.82) is 0 Å². The number of carboxylic acid groups (broad SMARTS) is 2. The van der Waals surface area contributed by atoms with Gasteiger partial charge in [-0.05, 0) is 19.8 Å². The summed E-state index contributed by atoms with van der Waals surface area (Å²) in [6.45, 7) is 1.38. The van der Waals surface area contributed by atoms with Crippen molar-refractivity contribution < 1.29 is 29.3 Å². The van der Waals surface area contributed by atoms with Crippen LogP contribution in [0.5, 0.6) is 0 Å². The number of aliphatic carboxylic acids is 2. The summed E-state index contributed by atoms with van der Waals surface area (Å²) in [5.74, 6) is -2.53. The molecule has 8 nitrogen and oxygen atoms in total. The van der Waals surface area contributed by atoms with Gasteiger partial charge >= 0.3 is 18.0 Å². The lowest BCUT2D eigenvalue weighted by Crippen LogP contribution is -2.49. The van der Waals surface area contributed by atoms with Crippen LogP contribution in [-0.2, 0) is 14.3 Å². The number of ether oxygens (including phenoxy) is 1. The van der Waals surface area contributed by atoms with Crippen LogP contribution in [0, 0.1) is 0 Å². The third kappa shape index (κ3) is 5.12. The van der Waals surface area contributed by atoms with E-state index < -0.39 is 36.7 Å². The highest BCUT2D eigenvalue weighted by atomic mass is 16.5. The van der Waals surface area contributed by atoms with Crippen molar-refractivity contribution in [3.63, 3.8) is 0 Å². The molecule has 1 atom stereocenters. The van der Waals surface area contributed by atoms with Crippen LogP contribution in [0.1, 0.15) is 19.8 Å². The Morgan fingerprint density at radius 1 is 1.26 bits per heavy atom. The summed E-state index contributed by atoms with van der Waals surface area (Å²) in [5, 5.41) is 19.8. The van der Waals surface area contributed by atoms with Gasteiger partial charge in [-0.3, -0.25) is 9.59 Å². The fourth-order valence-corrected chi connectivity index (χ4v) is 1.88. The molecule has 108 valence electrons. The second-order valence-corrected chi connectivity index (χ2v) is 4.70. The van der Waals surface area contributed by atoms with Crippen molar-refractivity contribution in [3.05, 3.63) is 0 Å². The molecule has 0 aromatic heterocycles. The Morgan fingerprint density at radius 3 is 2.26 bits per heavy atom. The van der Waals surface area contributed by atoms with Gasteiger partial charge in [0.1, 0.15) is 13.1 Å². The molecule has 8 heteroatoms. The van der Waals surface area contributed by atoms with Crippen LogP contribution < -0.4 is 5.32 Å². The number of rotatable bonds is 6. The average molecular weight is 274 g/mol. The molecular weight excluding hydrogens is 256 g/mol. The highest BCUT2D eigenvalue weighted by molar-refractivity contribution is 5.84. The summed E-state index contributed by atoms with van der Waals surface area (Å²) in [4.78, 5) is 33.6. The van der Waals surface area contributed by atoms with Gasteiger partial charge in [0.2, 0.25) is 0 Å². The van der Waals surface area contributed by atoms with Crippen LogP contribution in [0.2, 0.25) is 0 Å². The van der Waals surface area contributed by atoms with Crippen LogP contribution in [0.3, 0.4) is 0 Å². The standard InChI is InChI=1S/C11H18N2O6/c1-11(3-2-4-19-11)7-12-10(18)13(5-8(14)15)6-9(16)17/h2-7H2,1H3,(H,12,18)(H,14,15)(H,16,17). The van der Waals surface area contributed by atoms with E-state index in [0.29, 0.717) is 6.61 Å². The summed E-state index contributed by atoms with van der Waals surface area (Å²) in [6.07, 6.45) is 1.70. The predicted molar refractivity (Wildman–Crippen MR) is 63.8 cm³/mol. The molecule has 0 bridgehead atoms. The van der Waals surface area contributed by atoms with E-state index in [2.05, 4.69) is 5.32 Å². The molecule has 0 saturated carbocycles. The lowest BCUT2D eigenvalue weighted by Gasteiger charge is -2.26. The molecule has 0 aromatic rings. The van der Waals surface area contributed by atoms with E-state index >= 15 is 0 Å². The first-order chi connectivity index (χ1) is 8.82. The van der Waals surface area contributed by atoms with Gasteiger partial charge in [0.15, 0.2) is 0 Å². The molecule has 1 rings (SSSR count). The maximum Gasteiger partial charge on any atom is 0.323 e. The molecule has 1 unspecified atom stereocenters. The minimum atomic E-state index is -1.26. The Labute approximate surface area is 110 Å². The van der Waals surface area contributed by atoms with Crippen molar-refractivity contribution in [2.45, 2.75) is 25.4 Å². The lowest BCUT2D eigenvalue weighted by molar-refractivity contribution is -0.140. The number of amides is 2. The normalized spacial score (nSPS) is 21.9. The van der Waals surface area contributed by atoms with Gasteiger partial charge in [0, 0.05) is 13.2 Å². The Kier molecular flexibility index (Phi) is 5.11. The Balaban J connectivity index is 2.51. The first-order valence-corrected chi connectivity index (χ1v) is 5.93. The fraction of sp³-hybridized carbons (Fsp3) is 0.727. The molecule has 1 aliphatic heterocycles. The zero-order chi connectivity index (χ0) is 14.5. The van der Waals surface area contributed by atoms with Crippen molar-refractivity contribution in [1.82, 2.24) is 10.2 Å². The lowest BCUT2D eigenvalue weighted by atomic mass is 10.0. The Morgan fingerprint density at radius 2 is 1.84 bits per heavy atom. The SMILES string of the molecule is CC1(CNC(=O)N(CC(=O)O)CC(=O)O)CCCO1. The van der Waals surface area contributed by atoms with Gasteiger partial charge in [0.05, 0.1) is 5.60 Å². The van der Waals surface area contributed by atoms with Crippen LogP contribution in [0.4, 0.5) is 4.79 Å². The number of carbonyl (C=O) groups excluding carboxylic acids is 1. The highest BCUT2D eigenvalue weighted by Gasteiger charge is 2.31. The monoisotopic (exact) mass is 274 g/mol. The van der Waals surface area contributed by atoms with Gasteiger partial charge in [-0.1, -0.05) is 0 Å². The highest BCUT2D eigenvalue weighted by Crippen LogP contribution is 2.23. The van der Waals surface area contributed by atoms with E-state index in [4.69, 9.17) is 14.9 Å². The van der Waals surface area contributed by atoms with Crippen LogP contribution >= 0.6 is 0 Å². The summed E-state index contributed by atoms with van der Waals surface area (Å²) in [7, 11) is 0. The van der Waals surface area contributed by atoms with E-state index in [9.17, 15) is 14.4 Å². The number of hydrogen-bond donors (Lipinski definition) is 3. The Hall–Kier alpha value is -1.83. The van der Waals surface area contributed by atoms with E-state index in [-0.39, 0.29) is 6.54 Å². The molecule has 0 aliphatic carbocycles. The van der Waals surface area contributed by atoms with Crippen LogP contribution in [-0.4, -0.2) is 64.9 Å². The molecular formula is C11H18N2O6. The van der Waals surface area contributed by atoms with E-state index in [1.54, 1.807) is 0 Å². The predicted octanol–water partition coefficient (Wildman–Crippen LogP) is -0.264. The first-order valence-electron chi connectivity index (χ1n) is 5.93. The molecule has 3 N–H and O–H groups in total. The molecule has 2 amide bonds. The smallest absolute Gasteiger partial charge is 0.323 e. The number of nitrogens with one attached hydrogen (secondary N) is 1. The van der Waals surface area contributed by atoms with E-state index in [1.807, 2.05) is 6.92 Å². The number of hydrogen-bond acceptors (Lipinski definition) is 4. The summed E-state index contributed by atoms with van der Waals surface area (Å²) < 4.78 is 5.47. The van der Waals surface area contributed by atoms with Crippen molar-refractivity contribution in [2.75, 3.05) is 26.2 Å². The zero-order valence-corrected chi connectivity index (χ0v) is 10.7. The largest absolute Gasteiger partial charge is 0.480 e. The summed E-state index contributed by atoms with van der Waals surface area (Å²) >= 11 is 0. The molecule has 1 aliphatic rings. The number of carboxylic acids is 2. The summed E-state index contributed by atoms with van der Waals surface area (Å²) in [6, 6.07) is -0.721. The van der Waals surface area contributed by atoms with Crippen molar-refractivity contribution in [3.8, 4) is 0 Å². The van der Waals surface area contributed by atoms with Gasteiger partial charge in [-0.25, -0.2) is 4.79 Å². The molecule has 19 heavy (non-hydrogen) atoms. The number of carbonyl (C=O) groups is 3. The van der Waals surface area contributed by atoms with Crippen LogP contribution in [0.25, 0.3) is 0 Å². The molecule has 1 saturated heterocycles. The van der Waals surface area contributed by atoms with Crippen molar-refractivity contribution >= 4 is 18.0 Å². The molecule has 1 fully saturated rings. The van der Waals surface area contributed by atoms with E-state index in [1.165, 1.54) is 0 Å². The molecule has 0 aromatic carbocycles. The third-order valence-electron chi connectivity index (χ3n) is 2.85. The van der Waals surface area contributed by atoms with Gasteiger partial charge in [-0.2, -0.15) is 0 Å². The second kappa shape index (κ2) is 6.37. The maximum atomic E-state index is 11.7. The van der Waals surface area contributed by atoms with Gasteiger partial charge < -0.3 is 25.2 Å². The zero-order valence-electron chi connectivity index (χ0n) is 10.7. The second-order valence-electron chi connectivity index (χ2n) is 4.70. The topological polar surface area (TPSA) is 116 Å². The minimum Gasteiger partial charge on any atom is -0.480 e. The van der Waals surface area contributed by atoms with Crippen LogP contribution in [0.15, 0.2) is 0 Å². The molecule has 0 spiro atoms. The molecule has 0 radical (unpaired) electrons. The minimum absolute atomic E-state index is 0.224. The van der Waals surface area contributed by atoms with Gasteiger partial charge in [-0.15, -0.1) is 0 Å².